The largest absolute Gasteiger partial charge is 0.744 e. The standard InChI is InChI=1S/C19H17O2P.C7H8O3S/c1-22(17-5-3-2-4-6-17,18-11-7-15(20)8-12-18)19-13-9-16(21)10-14-19;1-6-2-4-7(5-3-6)11(8,9)10/h2-14H,1H3,(H-,20,21);2-5H,1H3,(H,8,9,10). The Bertz CT molecular complexity index is 1240. The lowest BCUT2D eigenvalue weighted by atomic mass is 10.2. The van der Waals surface area contributed by atoms with Crippen molar-refractivity contribution in [2.75, 3.05) is 6.66 Å². The molecule has 5 nitrogen and oxygen atoms in total. The highest BCUT2D eigenvalue weighted by Gasteiger charge is 2.40. The van der Waals surface area contributed by atoms with Gasteiger partial charge in [0.1, 0.15) is 44.8 Å². The molecule has 7 heteroatoms. The first-order chi connectivity index (χ1) is 15.6. The van der Waals surface area contributed by atoms with Gasteiger partial charge in [0.05, 0.1) is 11.6 Å². The van der Waals surface area contributed by atoms with Crippen molar-refractivity contribution in [2.24, 2.45) is 0 Å². The molecule has 0 bridgehead atoms. The van der Waals surface area contributed by atoms with Gasteiger partial charge in [0.25, 0.3) is 0 Å². The summed E-state index contributed by atoms with van der Waals surface area (Å²) in [4.78, 5) is -0.178. The summed E-state index contributed by atoms with van der Waals surface area (Å²) in [5.41, 5.74) is 0.928. The molecule has 0 saturated carbocycles. The Hall–Kier alpha value is -3.18. The highest BCUT2D eigenvalue weighted by atomic mass is 32.2. The molecular weight excluding hydrogens is 455 g/mol. The first-order valence-electron chi connectivity index (χ1n) is 10.1. The van der Waals surface area contributed by atoms with Gasteiger partial charge < -0.3 is 14.8 Å². The molecule has 0 atom stereocenters. The van der Waals surface area contributed by atoms with Crippen LogP contribution < -0.4 is 15.9 Å². The van der Waals surface area contributed by atoms with Crippen molar-refractivity contribution in [2.45, 2.75) is 11.8 Å². The first kappa shape index (κ1) is 24.5. The maximum absolute atomic E-state index is 10.4. The van der Waals surface area contributed by atoms with Crippen LogP contribution >= 0.6 is 7.26 Å². The summed E-state index contributed by atoms with van der Waals surface area (Å²) in [7, 11) is -6.06. The van der Waals surface area contributed by atoms with E-state index in [1.165, 1.54) is 28.0 Å². The van der Waals surface area contributed by atoms with Gasteiger partial charge in [-0.3, -0.25) is 0 Å². The molecular formula is C26H25O5PS. The number of hydrogen-bond acceptors (Lipinski definition) is 5. The van der Waals surface area contributed by atoms with E-state index in [2.05, 4.69) is 30.9 Å². The Morgan fingerprint density at radius 2 is 1.03 bits per heavy atom. The maximum atomic E-state index is 10.4. The lowest BCUT2D eigenvalue weighted by Crippen LogP contribution is -2.30. The zero-order valence-electron chi connectivity index (χ0n) is 18.3. The SMILES string of the molecule is C[P+](c1ccccc1)(c1ccc(O)cc1)c1ccc(O)cc1.Cc1ccc(S(=O)(=O)[O-])cc1. The van der Waals surface area contributed by atoms with Gasteiger partial charge in [-0.2, -0.15) is 0 Å². The number of hydrogen-bond donors (Lipinski definition) is 2. The molecule has 0 saturated heterocycles. The Kier molecular flexibility index (Phi) is 7.54. The number of aromatic hydroxyl groups is 2. The van der Waals surface area contributed by atoms with Crippen molar-refractivity contribution in [3.05, 3.63) is 109 Å². The van der Waals surface area contributed by atoms with E-state index in [-0.39, 0.29) is 16.4 Å². The van der Waals surface area contributed by atoms with E-state index in [1.54, 1.807) is 36.4 Å². The third kappa shape index (κ3) is 5.99. The molecule has 0 aliphatic rings. The molecule has 170 valence electrons. The van der Waals surface area contributed by atoms with Crippen LogP contribution in [0.4, 0.5) is 0 Å². The number of phenols is 2. The predicted molar refractivity (Wildman–Crippen MR) is 134 cm³/mol. The molecule has 0 aliphatic heterocycles. The molecule has 0 radical (unpaired) electrons. The van der Waals surface area contributed by atoms with Gasteiger partial charge in [-0.05, 0) is 79.7 Å². The molecule has 4 aromatic rings. The topological polar surface area (TPSA) is 97.7 Å². The van der Waals surface area contributed by atoms with Crippen LogP contribution in [0, 0.1) is 6.92 Å². The summed E-state index contributed by atoms with van der Waals surface area (Å²) in [5.74, 6) is 0.545. The van der Waals surface area contributed by atoms with Crippen molar-refractivity contribution in [3.63, 3.8) is 0 Å². The fourth-order valence-corrected chi connectivity index (χ4v) is 7.00. The molecule has 0 spiro atoms. The number of benzene rings is 4. The lowest BCUT2D eigenvalue weighted by molar-refractivity contribution is 0.463. The second-order valence-electron chi connectivity index (χ2n) is 7.64. The summed E-state index contributed by atoms with van der Waals surface area (Å²) >= 11 is 0. The molecule has 0 aromatic heterocycles. The fourth-order valence-electron chi connectivity index (χ4n) is 3.38. The van der Waals surface area contributed by atoms with E-state index in [9.17, 15) is 23.2 Å². The van der Waals surface area contributed by atoms with Crippen molar-refractivity contribution < 1.29 is 23.2 Å². The van der Waals surface area contributed by atoms with Crippen LogP contribution in [0.5, 0.6) is 11.5 Å². The van der Waals surface area contributed by atoms with E-state index in [4.69, 9.17) is 0 Å². The van der Waals surface area contributed by atoms with Crippen molar-refractivity contribution >= 4 is 33.3 Å². The molecule has 0 amide bonds. The zero-order valence-corrected chi connectivity index (χ0v) is 20.0. The minimum atomic E-state index is -4.27. The maximum Gasteiger partial charge on any atom is 0.124 e. The van der Waals surface area contributed by atoms with Gasteiger partial charge in [0.15, 0.2) is 0 Å². The van der Waals surface area contributed by atoms with Gasteiger partial charge in [-0.25, -0.2) is 8.42 Å². The quantitative estimate of drug-likeness (QED) is 0.341. The summed E-state index contributed by atoms with van der Waals surface area (Å²) in [5, 5.41) is 22.8. The van der Waals surface area contributed by atoms with Crippen LogP contribution in [0.2, 0.25) is 0 Å². The van der Waals surface area contributed by atoms with Crippen LogP contribution in [0.3, 0.4) is 0 Å². The van der Waals surface area contributed by atoms with Crippen LogP contribution in [0.1, 0.15) is 5.56 Å². The normalized spacial score (nSPS) is 11.4. The van der Waals surface area contributed by atoms with Crippen LogP contribution in [-0.4, -0.2) is 29.8 Å². The van der Waals surface area contributed by atoms with Crippen molar-refractivity contribution in [3.8, 4) is 11.5 Å². The Morgan fingerprint density at radius 3 is 1.42 bits per heavy atom. The van der Waals surface area contributed by atoms with Crippen molar-refractivity contribution in [1.29, 1.82) is 0 Å². The van der Waals surface area contributed by atoms with Gasteiger partial charge >= 0.3 is 0 Å². The summed E-state index contributed by atoms with van der Waals surface area (Å²) in [6.45, 7) is 4.09. The van der Waals surface area contributed by atoms with E-state index < -0.39 is 17.4 Å². The fraction of sp³-hybridized carbons (Fsp3) is 0.0769. The van der Waals surface area contributed by atoms with Gasteiger partial charge in [0.2, 0.25) is 0 Å². The highest BCUT2D eigenvalue weighted by molar-refractivity contribution is 7.95. The molecule has 0 unspecified atom stereocenters. The molecule has 4 aromatic carbocycles. The smallest absolute Gasteiger partial charge is 0.124 e. The molecule has 33 heavy (non-hydrogen) atoms. The van der Waals surface area contributed by atoms with Gasteiger partial charge in [0, 0.05) is 0 Å². The Balaban J connectivity index is 0.000000235. The average Bonchev–Trinajstić information content (AvgIpc) is 2.80. The van der Waals surface area contributed by atoms with Crippen LogP contribution in [0.25, 0.3) is 0 Å². The van der Waals surface area contributed by atoms with Gasteiger partial charge in [-0.15, -0.1) is 0 Å². The highest BCUT2D eigenvalue weighted by Crippen LogP contribution is 2.51. The minimum Gasteiger partial charge on any atom is -0.744 e. The number of aryl methyl sites for hydroxylation is 1. The van der Waals surface area contributed by atoms with E-state index in [0.717, 1.165) is 5.56 Å². The van der Waals surface area contributed by atoms with E-state index in [1.807, 2.05) is 37.3 Å². The van der Waals surface area contributed by atoms with Crippen LogP contribution in [-0.2, 0) is 10.1 Å². The molecule has 2 N–H and O–H groups in total. The zero-order chi connectivity index (χ0) is 24.1. The molecule has 0 fully saturated rings. The summed E-state index contributed by atoms with van der Waals surface area (Å²) < 4.78 is 31.2. The monoisotopic (exact) mass is 480 g/mol. The second kappa shape index (κ2) is 10.2. The average molecular weight is 481 g/mol. The van der Waals surface area contributed by atoms with Gasteiger partial charge in [-0.1, -0.05) is 35.9 Å². The third-order valence-electron chi connectivity index (χ3n) is 5.31. The minimum absolute atomic E-state index is 0.178. The van der Waals surface area contributed by atoms with E-state index in [0.29, 0.717) is 0 Å². The molecule has 0 heterocycles. The van der Waals surface area contributed by atoms with Crippen LogP contribution in [0.15, 0.2) is 108 Å². The number of rotatable bonds is 4. The third-order valence-corrected chi connectivity index (χ3v) is 10.2. The Labute approximate surface area is 195 Å². The van der Waals surface area contributed by atoms with E-state index >= 15 is 0 Å². The molecule has 0 aliphatic carbocycles. The second-order valence-corrected chi connectivity index (χ2v) is 12.6. The summed E-state index contributed by atoms with van der Waals surface area (Å²) in [6, 6.07) is 31.1. The molecule has 4 rings (SSSR count). The summed E-state index contributed by atoms with van der Waals surface area (Å²) in [6.07, 6.45) is 0. The lowest BCUT2D eigenvalue weighted by Gasteiger charge is -2.23. The first-order valence-corrected chi connectivity index (χ1v) is 13.8. The number of phenolic OH excluding ortho intramolecular Hbond substituents is 2. The predicted octanol–water partition coefficient (Wildman–Crippen LogP) is 3.92. The van der Waals surface area contributed by atoms with Crippen molar-refractivity contribution in [1.82, 2.24) is 0 Å². The Morgan fingerprint density at radius 1 is 0.636 bits per heavy atom.